The van der Waals surface area contributed by atoms with Crippen LogP contribution in [-0.4, -0.2) is 35.9 Å². The number of para-hydroxylation sites is 1. The summed E-state index contributed by atoms with van der Waals surface area (Å²) in [7, 11) is 0. The minimum Gasteiger partial charge on any atom is -0.494 e. The number of hydrogen-bond acceptors (Lipinski definition) is 3. The molecule has 2 amide bonds. The fourth-order valence-electron chi connectivity index (χ4n) is 2.86. The van der Waals surface area contributed by atoms with Gasteiger partial charge in [0.1, 0.15) is 11.8 Å². The first-order chi connectivity index (χ1) is 14.0. The van der Waals surface area contributed by atoms with E-state index in [1.54, 1.807) is 17.9 Å². The van der Waals surface area contributed by atoms with Crippen molar-refractivity contribution in [3.63, 3.8) is 0 Å². The van der Waals surface area contributed by atoms with E-state index >= 15 is 0 Å². The molecule has 0 aromatic heterocycles. The lowest BCUT2D eigenvalue weighted by atomic mass is 10.1. The van der Waals surface area contributed by atoms with Gasteiger partial charge in [0, 0.05) is 24.5 Å². The molecule has 1 atom stereocenters. The van der Waals surface area contributed by atoms with Crippen LogP contribution in [0.15, 0.2) is 54.6 Å². The highest BCUT2D eigenvalue weighted by Crippen LogP contribution is 2.19. The molecule has 0 aliphatic heterocycles. The van der Waals surface area contributed by atoms with E-state index in [-0.39, 0.29) is 11.8 Å². The Morgan fingerprint density at radius 1 is 1.10 bits per heavy atom. The first-order valence-electron chi connectivity index (χ1n) is 10.0. The van der Waals surface area contributed by atoms with Gasteiger partial charge in [-0.05, 0) is 43.5 Å². The Labute approximate surface area is 178 Å². The van der Waals surface area contributed by atoms with Crippen molar-refractivity contribution in [2.45, 2.75) is 45.7 Å². The largest absolute Gasteiger partial charge is 0.494 e. The van der Waals surface area contributed by atoms with Crippen LogP contribution < -0.4 is 10.1 Å². The summed E-state index contributed by atoms with van der Waals surface area (Å²) in [6, 6.07) is 16.3. The summed E-state index contributed by atoms with van der Waals surface area (Å²) in [5, 5.41) is 3.45. The highest BCUT2D eigenvalue weighted by Gasteiger charge is 2.26. The second kappa shape index (κ2) is 12.1. The van der Waals surface area contributed by atoms with Gasteiger partial charge >= 0.3 is 0 Å². The van der Waals surface area contributed by atoms with Crippen LogP contribution in [0.5, 0.6) is 5.75 Å². The molecule has 6 heteroatoms. The summed E-state index contributed by atoms with van der Waals surface area (Å²) < 4.78 is 5.66. The monoisotopic (exact) mass is 416 g/mol. The number of carbonyl (C=O) groups excluding carboxylic acids is 2. The first kappa shape index (κ1) is 22.8. The van der Waals surface area contributed by atoms with Crippen molar-refractivity contribution in [1.82, 2.24) is 10.2 Å². The zero-order valence-corrected chi connectivity index (χ0v) is 17.8. The lowest BCUT2D eigenvalue weighted by Crippen LogP contribution is -2.47. The Bertz CT molecular complexity index is 783. The Morgan fingerprint density at radius 2 is 1.79 bits per heavy atom. The number of ether oxygens (including phenoxy) is 1. The quantitative estimate of drug-likeness (QED) is 0.551. The van der Waals surface area contributed by atoms with Crippen molar-refractivity contribution in [2.75, 3.05) is 13.2 Å². The summed E-state index contributed by atoms with van der Waals surface area (Å²) in [5.41, 5.74) is 0.818. The number of carbonyl (C=O) groups is 2. The zero-order chi connectivity index (χ0) is 21.1. The fraction of sp³-hybridized carbons (Fsp3) is 0.391. The number of rotatable bonds is 11. The van der Waals surface area contributed by atoms with Crippen molar-refractivity contribution in [1.29, 1.82) is 0 Å². The number of benzene rings is 2. The molecule has 0 bridgehead atoms. The molecular weight excluding hydrogens is 388 g/mol. The summed E-state index contributed by atoms with van der Waals surface area (Å²) in [6.45, 7) is 5.05. The van der Waals surface area contributed by atoms with Gasteiger partial charge in [-0.3, -0.25) is 9.59 Å². The second-order valence-corrected chi connectivity index (χ2v) is 7.25. The van der Waals surface area contributed by atoms with E-state index in [1.807, 2.05) is 55.5 Å². The molecule has 0 aliphatic carbocycles. The van der Waals surface area contributed by atoms with E-state index in [0.717, 1.165) is 17.7 Å². The molecule has 0 radical (unpaired) electrons. The molecular formula is C23H29ClN2O3. The molecule has 1 N–H and O–H groups in total. The standard InChI is InChI=1S/C23H29ClN2O3/c1-3-15-25-23(28)18(2)26(17-19-10-7-8-13-21(19)24)22(27)14-9-16-29-20-11-5-4-6-12-20/h4-8,10-13,18H,3,9,14-17H2,1-2H3,(H,25,28)/t18-/m1/s1. The van der Waals surface area contributed by atoms with Gasteiger partial charge in [-0.15, -0.1) is 0 Å². The molecule has 0 aliphatic rings. The molecule has 0 spiro atoms. The van der Waals surface area contributed by atoms with Crippen molar-refractivity contribution in [3.05, 3.63) is 65.2 Å². The van der Waals surface area contributed by atoms with Gasteiger partial charge in [-0.25, -0.2) is 0 Å². The molecule has 0 saturated carbocycles. The Hall–Kier alpha value is -2.53. The maximum atomic E-state index is 12.9. The maximum Gasteiger partial charge on any atom is 0.242 e. The summed E-state index contributed by atoms with van der Waals surface area (Å²) in [6.07, 6.45) is 1.70. The van der Waals surface area contributed by atoms with E-state index in [9.17, 15) is 9.59 Å². The van der Waals surface area contributed by atoms with Crippen LogP contribution in [-0.2, 0) is 16.1 Å². The molecule has 0 saturated heterocycles. The molecule has 0 heterocycles. The molecule has 0 fully saturated rings. The number of halogens is 1. The second-order valence-electron chi connectivity index (χ2n) is 6.85. The highest BCUT2D eigenvalue weighted by molar-refractivity contribution is 6.31. The minimum atomic E-state index is -0.583. The number of hydrogen-bond donors (Lipinski definition) is 1. The third kappa shape index (κ3) is 7.42. The van der Waals surface area contributed by atoms with Crippen LogP contribution in [0.3, 0.4) is 0 Å². The molecule has 2 aromatic rings. The van der Waals surface area contributed by atoms with Crippen LogP contribution in [0.4, 0.5) is 0 Å². The van der Waals surface area contributed by atoms with Gasteiger partial charge in [0.25, 0.3) is 0 Å². The summed E-state index contributed by atoms with van der Waals surface area (Å²) in [4.78, 5) is 27.0. The van der Waals surface area contributed by atoms with Crippen molar-refractivity contribution >= 4 is 23.4 Å². The average Bonchev–Trinajstić information content (AvgIpc) is 2.74. The molecule has 0 unspecified atom stereocenters. The molecule has 29 heavy (non-hydrogen) atoms. The normalized spacial score (nSPS) is 11.6. The fourth-order valence-corrected chi connectivity index (χ4v) is 3.06. The highest BCUT2D eigenvalue weighted by atomic mass is 35.5. The Morgan fingerprint density at radius 3 is 2.48 bits per heavy atom. The van der Waals surface area contributed by atoms with Gasteiger partial charge < -0.3 is 15.0 Å². The van der Waals surface area contributed by atoms with Crippen LogP contribution >= 0.6 is 11.6 Å². The Kier molecular flexibility index (Phi) is 9.51. The first-order valence-corrected chi connectivity index (χ1v) is 10.4. The summed E-state index contributed by atoms with van der Waals surface area (Å²) in [5.74, 6) is 0.522. The molecule has 2 rings (SSSR count). The van der Waals surface area contributed by atoms with Crippen molar-refractivity contribution in [3.8, 4) is 5.75 Å². The van der Waals surface area contributed by atoms with Gasteiger partial charge in [0.2, 0.25) is 11.8 Å². The maximum absolute atomic E-state index is 12.9. The third-order valence-corrected chi connectivity index (χ3v) is 4.93. The van der Waals surface area contributed by atoms with Gasteiger partial charge in [0.05, 0.1) is 6.61 Å². The van der Waals surface area contributed by atoms with Crippen LogP contribution in [0.25, 0.3) is 0 Å². The lowest BCUT2D eigenvalue weighted by molar-refractivity contribution is -0.140. The summed E-state index contributed by atoms with van der Waals surface area (Å²) >= 11 is 6.28. The Balaban J connectivity index is 1.99. The number of nitrogens with zero attached hydrogens (tertiary/aromatic N) is 1. The number of amides is 2. The van der Waals surface area contributed by atoms with Crippen LogP contribution in [0, 0.1) is 0 Å². The minimum absolute atomic E-state index is 0.0965. The lowest BCUT2D eigenvalue weighted by Gasteiger charge is -2.29. The third-order valence-electron chi connectivity index (χ3n) is 4.56. The smallest absolute Gasteiger partial charge is 0.242 e. The van der Waals surface area contributed by atoms with E-state index in [4.69, 9.17) is 16.3 Å². The van der Waals surface area contributed by atoms with E-state index in [0.29, 0.717) is 37.6 Å². The van der Waals surface area contributed by atoms with Gasteiger partial charge in [-0.2, -0.15) is 0 Å². The van der Waals surface area contributed by atoms with Crippen LogP contribution in [0.1, 0.15) is 38.7 Å². The topological polar surface area (TPSA) is 58.6 Å². The predicted molar refractivity (Wildman–Crippen MR) is 116 cm³/mol. The SMILES string of the molecule is CCCNC(=O)[C@@H](C)N(Cc1ccccc1Cl)C(=O)CCCOc1ccccc1. The van der Waals surface area contributed by atoms with E-state index in [1.165, 1.54) is 0 Å². The number of nitrogens with one attached hydrogen (secondary N) is 1. The average molecular weight is 417 g/mol. The van der Waals surface area contributed by atoms with E-state index in [2.05, 4.69) is 5.32 Å². The molecule has 2 aromatic carbocycles. The van der Waals surface area contributed by atoms with Crippen molar-refractivity contribution < 1.29 is 14.3 Å². The van der Waals surface area contributed by atoms with E-state index < -0.39 is 6.04 Å². The zero-order valence-electron chi connectivity index (χ0n) is 17.1. The van der Waals surface area contributed by atoms with Gasteiger partial charge in [-0.1, -0.05) is 54.9 Å². The van der Waals surface area contributed by atoms with Crippen molar-refractivity contribution in [2.24, 2.45) is 0 Å². The van der Waals surface area contributed by atoms with Gasteiger partial charge in [0.15, 0.2) is 0 Å². The van der Waals surface area contributed by atoms with Crippen LogP contribution in [0.2, 0.25) is 5.02 Å². The molecule has 5 nitrogen and oxygen atoms in total. The predicted octanol–water partition coefficient (Wildman–Crippen LogP) is 4.44. The molecule has 156 valence electrons.